The molecule has 1 aliphatic carbocycles. The summed E-state index contributed by atoms with van der Waals surface area (Å²) in [5, 5.41) is 0. The first kappa shape index (κ1) is 24.0. The summed E-state index contributed by atoms with van der Waals surface area (Å²) in [6.45, 7) is 19.3. The Morgan fingerprint density at radius 3 is 1.77 bits per heavy atom. The monoisotopic (exact) mass is 396 g/mol. The Morgan fingerprint density at radius 1 is 0.808 bits per heavy atom. The zero-order valence-corrected chi connectivity index (χ0v) is 21.3. The second-order valence-corrected chi connectivity index (χ2v) is 19.0. The molecular weight excluding hydrogens is 348 g/mol. The fourth-order valence-corrected chi connectivity index (χ4v) is 12.8. The third-order valence-corrected chi connectivity index (χ3v) is 18.9. The molecule has 1 aliphatic rings. The highest BCUT2D eigenvalue weighted by Crippen LogP contribution is 2.50. The second-order valence-electron chi connectivity index (χ2n) is 8.79. The maximum Gasteiger partial charge on any atom is 0.250 e. The van der Waals surface area contributed by atoms with Crippen molar-refractivity contribution >= 4 is 16.4 Å². The minimum absolute atomic E-state index is 0.788. The first-order valence-electron chi connectivity index (χ1n) is 11.8. The van der Waals surface area contributed by atoms with E-state index in [-0.39, 0.29) is 0 Å². The van der Waals surface area contributed by atoms with Gasteiger partial charge in [0.25, 0.3) is 0 Å². The van der Waals surface area contributed by atoms with Crippen molar-refractivity contribution in [3.63, 3.8) is 0 Å². The molecule has 0 unspecified atom stereocenters. The van der Waals surface area contributed by atoms with Gasteiger partial charge in [0, 0.05) is 5.54 Å². The van der Waals surface area contributed by atoms with Crippen LogP contribution in [0.15, 0.2) is 11.3 Å². The molecule has 0 N–H and O–H groups in total. The van der Waals surface area contributed by atoms with E-state index in [2.05, 4.69) is 55.4 Å². The van der Waals surface area contributed by atoms with Gasteiger partial charge in [0.15, 0.2) is 0 Å². The van der Waals surface area contributed by atoms with Crippen LogP contribution in [-0.2, 0) is 4.43 Å². The molecule has 2 atom stereocenters. The van der Waals surface area contributed by atoms with Crippen LogP contribution in [0.4, 0.5) is 0 Å². The van der Waals surface area contributed by atoms with E-state index >= 15 is 0 Å². The van der Waals surface area contributed by atoms with E-state index in [4.69, 9.17) is 4.43 Å². The summed E-state index contributed by atoms with van der Waals surface area (Å²) < 4.78 is 7.23. The van der Waals surface area contributed by atoms with Crippen LogP contribution in [0.25, 0.3) is 0 Å². The van der Waals surface area contributed by atoms with Crippen LogP contribution >= 0.6 is 0 Å². The van der Waals surface area contributed by atoms with Crippen LogP contribution in [0.2, 0.25) is 41.8 Å². The van der Waals surface area contributed by atoms with Crippen molar-refractivity contribution in [2.24, 2.45) is 5.92 Å². The highest BCUT2D eigenvalue weighted by molar-refractivity contribution is 6.82. The molecule has 0 saturated heterocycles. The van der Waals surface area contributed by atoms with Gasteiger partial charge in [0.05, 0.1) is 13.8 Å². The number of hydrogen-bond acceptors (Lipinski definition) is 1. The molecule has 0 spiro atoms. The molecule has 1 nitrogen and oxygen atoms in total. The van der Waals surface area contributed by atoms with Crippen LogP contribution in [0.5, 0.6) is 0 Å². The van der Waals surface area contributed by atoms with Crippen molar-refractivity contribution in [1.82, 2.24) is 0 Å². The van der Waals surface area contributed by atoms with Gasteiger partial charge in [-0.05, 0) is 55.8 Å². The molecule has 0 radical (unpaired) electrons. The molecule has 0 aliphatic heterocycles. The summed E-state index contributed by atoms with van der Waals surface area (Å²) in [5.41, 5.74) is 2.45. The highest BCUT2D eigenvalue weighted by atomic mass is 28.4. The van der Waals surface area contributed by atoms with E-state index in [0.717, 1.165) is 11.5 Å². The normalized spacial score (nSPS) is 22.0. The lowest BCUT2D eigenvalue weighted by Crippen LogP contribution is -2.44. The number of allylic oxidation sites excluding steroid dienone is 2. The Hall–Kier alpha value is -0.0262. The zero-order valence-electron chi connectivity index (χ0n) is 19.3. The van der Waals surface area contributed by atoms with Crippen LogP contribution < -0.4 is 0 Å². The molecule has 0 amide bonds. The third kappa shape index (κ3) is 5.07. The van der Waals surface area contributed by atoms with Gasteiger partial charge < -0.3 is 4.43 Å². The molecule has 3 heteroatoms. The molecule has 0 saturated carbocycles. The van der Waals surface area contributed by atoms with Gasteiger partial charge in [-0.3, -0.25) is 0 Å². The van der Waals surface area contributed by atoms with E-state index in [0.29, 0.717) is 0 Å². The molecule has 0 aromatic carbocycles. The fraction of sp³-hybridized carbons (Fsp3) is 0.913. The summed E-state index contributed by atoms with van der Waals surface area (Å²) >= 11 is 0. The summed E-state index contributed by atoms with van der Waals surface area (Å²) in [6.07, 6.45) is 6.88. The second kappa shape index (κ2) is 11.1. The molecular formula is C23H48OSi2. The van der Waals surface area contributed by atoms with Crippen LogP contribution in [0.3, 0.4) is 0 Å². The van der Waals surface area contributed by atoms with Crippen LogP contribution in [0, 0.1) is 5.92 Å². The van der Waals surface area contributed by atoms with Gasteiger partial charge in [-0.15, -0.1) is 0 Å². The van der Waals surface area contributed by atoms with Gasteiger partial charge in [-0.25, -0.2) is 0 Å². The molecule has 0 heterocycles. The predicted octanol–water partition coefficient (Wildman–Crippen LogP) is 8.76. The molecule has 0 aromatic rings. The van der Waals surface area contributed by atoms with Crippen molar-refractivity contribution in [2.45, 2.75) is 129 Å². The standard InChI is InChI=1S/C23H48OSi2/c1-9-16-17-21-18-19-22(25(10-2,11-3)12-4)23(20(21)8)24-26(13-5,14-6)15-7/h21-22H,9-19H2,1-8H3/t21-,22-/m0/s1. The quantitative estimate of drug-likeness (QED) is 0.299. The summed E-state index contributed by atoms with van der Waals surface area (Å²) in [5.74, 6) is 2.32. The summed E-state index contributed by atoms with van der Waals surface area (Å²) in [6, 6.07) is 8.06. The number of rotatable bonds is 12. The average Bonchev–Trinajstić information content (AvgIpc) is 2.69. The fourth-order valence-electron chi connectivity index (χ4n) is 5.43. The molecule has 0 fully saturated rings. The van der Waals surface area contributed by atoms with Gasteiger partial charge >= 0.3 is 0 Å². The molecule has 1 rings (SSSR count). The van der Waals surface area contributed by atoms with Crippen molar-refractivity contribution in [2.75, 3.05) is 0 Å². The third-order valence-electron chi connectivity index (χ3n) is 8.14. The Morgan fingerprint density at radius 2 is 1.35 bits per heavy atom. The van der Waals surface area contributed by atoms with Gasteiger partial charge in [0.1, 0.15) is 0 Å². The van der Waals surface area contributed by atoms with Crippen molar-refractivity contribution in [3.05, 3.63) is 11.3 Å². The van der Waals surface area contributed by atoms with E-state index in [1.54, 1.807) is 5.57 Å². The Bertz CT molecular complexity index is 419. The van der Waals surface area contributed by atoms with Crippen LogP contribution in [-0.4, -0.2) is 16.4 Å². The Balaban J connectivity index is 3.35. The van der Waals surface area contributed by atoms with E-state index < -0.39 is 16.4 Å². The highest BCUT2D eigenvalue weighted by Gasteiger charge is 2.45. The van der Waals surface area contributed by atoms with Crippen molar-refractivity contribution in [1.29, 1.82) is 0 Å². The smallest absolute Gasteiger partial charge is 0.250 e. The number of hydrogen-bond donors (Lipinski definition) is 0. The molecule has 26 heavy (non-hydrogen) atoms. The first-order valence-corrected chi connectivity index (χ1v) is 17.0. The van der Waals surface area contributed by atoms with Crippen molar-refractivity contribution in [3.8, 4) is 0 Å². The maximum absolute atomic E-state index is 7.23. The van der Waals surface area contributed by atoms with Crippen LogP contribution in [0.1, 0.15) is 87.5 Å². The molecule has 0 aromatic heterocycles. The zero-order chi connectivity index (χ0) is 19.8. The minimum Gasteiger partial charge on any atom is -0.547 e. The van der Waals surface area contributed by atoms with Gasteiger partial charge in [-0.2, -0.15) is 0 Å². The lowest BCUT2D eigenvalue weighted by molar-refractivity contribution is 0.321. The lowest BCUT2D eigenvalue weighted by Gasteiger charge is -2.46. The minimum atomic E-state index is -1.60. The Kier molecular flexibility index (Phi) is 10.2. The van der Waals surface area contributed by atoms with Gasteiger partial charge in [0.2, 0.25) is 8.32 Å². The Labute approximate surface area is 167 Å². The predicted molar refractivity (Wildman–Crippen MR) is 124 cm³/mol. The SMILES string of the molecule is CCCC[C@H]1CC[C@H]([Si](CC)(CC)CC)C(O[Si](CC)(CC)CC)=C1C. The first-order chi connectivity index (χ1) is 12.4. The summed E-state index contributed by atoms with van der Waals surface area (Å²) in [4.78, 5) is 0. The lowest BCUT2D eigenvalue weighted by atomic mass is 9.84. The largest absolute Gasteiger partial charge is 0.547 e. The van der Waals surface area contributed by atoms with E-state index in [1.807, 2.05) is 0 Å². The number of unbranched alkanes of at least 4 members (excludes halogenated alkanes) is 1. The van der Waals surface area contributed by atoms with Crippen molar-refractivity contribution < 1.29 is 4.43 Å². The van der Waals surface area contributed by atoms with Gasteiger partial charge in [-0.1, -0.05) is 79.4 Å². The summed E-state index contributed by atoms with van der Waals surface area (Å²) in [7, 11) is -2.88. The van der Waals surface area contributed by atoms with E-state index in [1.165, 1.54) is 74.1 Å². The molecule has 0 bridgehead atoms. The topological polar surface area (TPSA) is 9.23 Å². The van der Waals surface area contributed by atoms with E-state index in [9.17, 15) is 0 Å². The molecule has 154 valence electrons. The maximum atomic E-state index is 7.23. The average molecular weight is 397 g/mol.